The van der Waals surface area contributed by atoms with E-state index in [1.165, 1.54) is 0 Å². The topological polar surface area (TPSA) is 61.8 Å². The maximum absolute atomic E-state index is 12.6. The zero-order valence-electron chi connectivity index (χ0n) is 16.0. The number of benzene rings is 2. The lowest BCUT2D eigenvalue weighted by atomic mass is 9.95. The number of carbonyl (C=O) groups is 1. The van der Waals surface area contributed by atoms with Gasteiger partial charge in [0.1, 0.15) is 0 Å². The number of phenolic OH excluding ortho intramolecular Hbond substituents is 1. The number of ether oxygens (including phenoxy) is 1. The van der Waals surface area contributed by atoms with E-state index in [1.807, 2.05) is 49.4 Å². The normalized spacial score (nSPS) is 16.7. The fourth-order valence-corrected chi connectivity index (χ4v) is 3.59. The summed E-state index contributed by atoms with van der Waals surface area (Å²) in [6.07, 6.45) is 1.73. The second kappa shape index (κ2) is 8.91. The summed E-state index contributed by atoms with van der Waals surface area (Å²) in [5, 5.41) is 12.9. The Morgan fingerprint density at radius 3 is 2.59 bits per heavy atom. The monoisotopic (exact) mass is 368 g/mol. The van der Waals surface area contributed by atoms with Crippen LogP contribution in [0.3, 0.4) is 0 Å². The Morgan fingerprint density at radius 1 is 1.22 bits per heavy atom. The summed E-state index contributed by atoms with van der Waals surface area (Å²) in [6, 6.07) is 15.5. The molecule has 0 spiro atoms. The number of carbonyl (C=O) groups excluding carboxylic acids is 1. The zero-order chi connectivity index (χ0) is 19.2. The highest BCUT2D eigenvalue weighted by Gasteiger charge is 2.26. The first-order chi connectivity index (χ1) is 13.1. The molecule has 1 aliphatic rings. The van der Waals surface area contributed by atoms with E-state index >= 15 is 0 Å². The van der Waals surface area contributed by atoms with Gasteiger partial charge in [0.05, 0.1) is 13.2 Å². The van der Waals surface area contributed by atoms with Gasteiger partial charge in [-0.15, -0.1) is 0 Å². The van der Waals surface area contributed by atoms with Gasteiger partial charge < -0.3 is 15.2 Å². The van der Waals surface area contributed by atoms with Crippen LogP contribution in [-0.2, 0) is 11.3 Å². The third-order valence-electron chi connectivity index (χ3n) is 5.27. The Kier molecular flexibility index (Phi) is 6.35. The van der Waals surface area contributed by atoms with Crippen molar-refractivity contribution in [2.45, 2.75) is 32.4 Å². The van der Waals surface area contributed by atoms with E-state index in [-0.39, 0.29) is 23.6 Å². The number of nitrogens with zero attached hydrogens (tertiary/aromatic N) is 1. The molecule has 0 bridgehead atoms. The Bertz CT molecular complexity index is 755. The zero-order valence-corrected chi connectivity index (χ0v) is 16.0. The van der Waals surface area contributed by atoms with Crippen molar-refractivity contribution in [3.05, 3.63) is 59.7 Å². The van der Waals surface area contributed by atoms with E-state index < -0.39 is 0 Å². The van der Waals surface area contributed by atoms with Crippen LogP contribution in [0, 0.1) is 5.92 Å². The number of rotatable bonds is 6. The van der Waals surface area contributed by atoms with E-state index in [9.17, 15) is 9.90 Å². The summed E-state index contributed by atoms with van der Waals surface area (Å²) in [5.74, 6) is 0.875. The second-order valence-corrected chi connectivity index (χ2v) is 7.20. The van der Waals surface area contributed by atoms with E-state index in [0.29, 0.717) is 5.75 Å². The highest BCUT2D eigenvalue weighted by molar-refractivity contribution is 5.79. The SMILES string of the molecule is COc1cc(CN2CCC(C(=O)N[C@H](C)c3ccccc3)CC2)ccc1O. The van der Waals surface area contributed by atoms with Crippen LogP contribution in [0.2, 0.25) is 0 Å². The Hall–Kier alpha value is -2.53. The first kappa shape index (κ1) is 19.2. The summed E-state index contributed by atoms with van der Waals surface area (Å²) in [7, 11) is 1.55. The molecule has 0 aliphatic carbocycles. The molecule has 1 saturated heterocycles. The lowest BCUT2D eigenvalue weighted by molar-refractivity contribution is -0.127. The van der Waals surface area contributed by atoms with E-state index in [2.05, 4.69) is 10.2 Å². The van der Waals surface area contributed by atoms with Crippen molar-refractivity contribution in [1.82, 2.24) is 10.2 Å². The molecule has 0 aromatic heterocycles. The van der Waals surface area contributed by atoms with Crippen LogP contribution in [0.1, 0.15) is 36.9 Å². The van der Waals surface area contributed by atoms with Gasteiger partial charge in [-0.25, -0.2) is 0 Å². The van der Waals surface area contributed by atoms with Crippen molar-refractivity contribution in [3.63, 3.8) is 0 Å². The largest absolute Gasteiger partial charge is 0.504 e. The number of hydrogen-bond donors (Lipinski definition) is 2. The van der Waals surface area contributed by atoms with Crippen molar-refractivity contribution in [2.75, 3.05) is 20.2 Å². The average molecular weight is 368 g/mol. The third kappa shape index (κ3) is 5.01. The number of aromatic hydroxyl groups is 1. The van der Waals surface area contributed by atoms with Gasteiger partial charge in [-0.05, 0) is 56.1 Å². The predicted octanol–water partition coefficient (Wildman–Crippen LogP) is 3.49. The summed E-state index contributed by atoms with van der Waals surface area (Å²) in [5.41, 5.74) is 2.23. The molecular formula is C22H28N2O3. The molecule has 3 rings (SSSR count). The average Bonchev–Trinajstić information content (AvgIpc) is 2.70. The van der Waals surface area contributed by atoms with Gasteiger partial charge in [0, 0.05) is 12.5 Å². The number of amides is 1. The van der Waals surface area contributed by atoms with Crippen LogP contribution < -0.4 is 10.1 Å². The van der Waals surface area contributed by atoms with Crippen LogP contribution in [0.25, 0.3) is 0 Å². The lowest BCUT2D eigenvalue weighted by Gasteiger charge is -2.32. The number of piperidine rings is 1. The maximum atomic E-state index is 12.6. The van der Waals surface area contributed by atoms with Crippen molar-refractivity contribution in [2.24, 2.45) is 5.92 Å². The summed E-state index contributed by atoms with van der Waals surface area (Å²) >= 11 is 0. The number of nitrogens with one attached hydrogen (secondary N) is 1. The molecule has 0 unspecified atom stereocenters. The van der Waals surface area contributed by atoms with Crippen molar-refractivity contribution < 1.29 is 14.6 Å². The highest BCUT2D eigenvalue weighted by atomic mass is 16.5. The van der Waals surface area contributed by atoms with Crippen LogP contribution in [0.4, 0.5) is 0 Å². The summed E-state index contributed by atoms with van der Waals surface area (Å²) in [6.45, 7) is 4.61. The molecule has 1 heterocycles. The molecule has 0 radical (unpaired) electrons. The first-order valence-electron chi connectivity index (χ1n) is 9.50. The Balaban J connectivity index is 1.49. The predicted molar refractivity (Wildman–Crippen MR) is 106 cm³/mol. The highest BCUT2D eigenvalue weighted by Crippen LogP contribution is 2.28. The Morgan fingerprint density at radius 2 is 1.93 bits per heavy atom. The molecule has 1 atom stereocenters. The van der Waals surface area contributed by atoms with Gasteiger partial charge in [-0.1, -0.05) is 36.4 Å². The van der Waals surface area contributed by atoms with Gasteiger partial charge in [-0.3, -0.25) is 9.69 Å². The van der Waals surface area contributed by atoms with Gasteiger partial charge in [-0.2, -0.15) is 0 Å². The minimum atomic E-state index is 0.0289. The molecule has 144 valence electrons. The summed E-state index contributed by atoms with van der Waals surface area (Å²) < 4.78 is 5.18. The van der Waals surface area contributed by atoms with Crippen LogP contribution in [0.15, 0.2) is 48.5 Å². The lowest BCUT2D eigenvalue weighted by Crippen LogP contribution is -2.40. The maximum Gasteiger partial charge on any atom is 0.223 e. The van der Waals surface area contributed by atoms with Gasteiger partial charge in [0.15, 0.2) is 11.5 Å². The fraction of sp³-hybridized carbons (Fsp3) is 0.409. The fourth-order valence-electron chi connectivity index (χ4n) is 3.59. The van der Waals surface area contributed by atoms with Gasteiger partial charge in [0.25, 0.3) is 0 Å². The molecule has 5 nitrogen and oxygen atoms in total. The molecule has 2 aromatic rings. The first-order valence-corrected chi connectivity index (χ1v) is 9.50. The summed E-state index contributed by atoms with van der Waals surface area (Å²) in [4.78, 5) is 14.9. The van der Waals surface area contributed by atoms with Crippen LogP contribution in [-0.4, -0.2) is 36.1 Å². The van der Waals surface area contributed by atoms with E-state index in [0.717, 1.165) is 43.6 Å². The number of phenols is 1. The molecule has 0 saturated carbocycles. The van der Waals surface area contributed by atoms with Crippen LogP contribution >= 0.6 is 0 Å². The number of hydrogen-bond acceptors (Lipinski definition) is 4. The molecular weight excluding hydrogens is 340 g/mol. The van der Waals surface area contributed by atoms with E-state index in [4.69, 9.17) is 4.74 Å². The molecule has 1 fully saturated rings. The quantitative estimate of drug-likeness (QED) is 0.819. The smallest absolute Gasteiger partial charge is 0.223 e. The molecule has 2 N–H and O–H groups in total. The molecule has 1 aliphatic heterocycles. The second-order valence-electron chi connectivity index (χ2n) is 7.20. The van der Waals surface area contributed by atoms with Crippen molar-refractivity contribution >= 4 is 5.91 Å². The third-order valence-corrected chi connectivity index (χ3v) is 5.27. The van der Waals surface area contributed by atoms with E-state index in [1.54, 1.807) is 13.2 Å². The van der Waals surface area contributed by atoms with Gasteiger partial charge >= 0.3 is 0 Å². The molecule has 1 amide bonds. The van der Waals surface area contributed by atoms with Gasteiger partial charge in [0.2, 0.25) is 5.91 Å². The number of methoxy groups -OCH3 is 1. The van der Waals surface area contributed by atoms with Crippen LogP contribution in [0.5, 0.6) is 11.5 Å². The molecule has 2 aromatic carbocycles. The molecule has 27 heavy (non-hydrogen) atoms. The minimum absolute atomic E-state index is 0.0289. The minimum Gasteiger partial charge on any atom is -0.504 e. The number of likely N-dealkylation sites (tertiary alicyclic amines) is 1. The van der Waals surface area contributed by atoms with Crippen molar-refractivity contribution in [3.8, 4) is 11.5 Å². The molecule has 5 heteroatoms. The Labute approximate surface area is 161 Å². The standard InChI is InChI=1S/C22H28N2O3/c1-16(18-6-4-3-5-7-18)23-22(26)19-10-12-24(13-11-19)15-17-8-9-20(25)21(14-17)27-2/h3-9,14,16,19,25H,10-13,15H2,1-2H3,(H,23,26)/t16-/m1/s1. The van der Waals surface area contributed by atoms with Crippen molar-refractivity contribution in [1.29, 1.82) is 0 Å².